The minimum atomic E-state index is -4.73. The Kier molecular flexibility index (Phi) is 2.70. The van der Waals surface area contributed by atoms with Gasteiger partial charge in [0.15, 0.2) is 5.75 Å². The number of hydrogen-bond acceptors (Lipinski definition) is 3. The molecular weight excluding hydrogens is 170 g/mol. The lowest BCUT2D eigenvalue weighted by Gasteiger charge is -1.96. The van der Waals surface area contributed by atoms with E-state index in [0.29, 0.717) is 0 Å². The molecular formula is C3H4F2O4S. The van der Waals surface area contributed by atoms with E-state index < -0.39 is 27.3 Å². The van der Waals surface area contributed by atoms with Gasteiger partial charge in [0.25, 0.3) is 0 Å². The molecule has 10 heavy (non-hydrogen) atoms. The molecule has 0 aromatic carbocycles. The van der Waals surface area contributed by atoms with E-state index >= 15 is 0 Å². The smallest absolute Gasteiger partial charge is 0.337 e. The molecule has 0 saturated heterocycles. The second-order valence-corrected chi connectivity index (χ2v) is 3.43. The highest BCUT2D eigenvalue weighted by molar-refractivity contribution is 7.92. The van der Waals surface area contributed by atoms with Crippen LogP contribution in [0.2, 0.25) is 0 Å². The number of carbonyl (C=O) groups is 1. The van der Waals surface area contributed by atoms with Crippen LogP contribution in [0.3, 0.4) is 0 Å². The summed E-state index contributed by atoms with van der Waals surface area (Å²) in [5.41, 5.74) is 0. The van der Waals surface area contributed by atoms with Gasteiger partial charge in [-0.05, 0) is 0 Å². The molecule has 0 radical (unpaired) electrons. The van der Waals surface area contributed by atoms with Gasteiger partial charge in [0.1, 0.15) is 0 Å². The van der Waals surface area contributed by atoms with Crippen LogP contribution in [0, 0.1) is 0 Å². The summed E-state index contributed by atoms with van der Waals surface area (Å²) in [4.78, 5) is 9.61. The van der Waals surface area contributed by atoms with Gasteiger partial charge in [0.05, 0.1) is 0 Å². The minimum Gasteiger partial charge on any atom is -0.480 e. The highest BCUT2D eigenvalue weighted by atomic mass is 32.2. The highest BCUT2D eigenvalue weighted by Crippen LogP contribution is 2.04. The van der Waals surface area contributed by atoms with Crippen LogP contribution in [0.4, 0.5) is 8.78 Å². The van der Waals surface area contributed by atoms with Crippen molar-refractivity contribution >= 4 is 15.8 Å². The van der Waals surface area contributed by atoms with Gasteiger partial charge in [0, 0.05) is 0 Å². The Labute approximate surface area is 55.4 Å². The second kappa shape index (κ2) is 2.91. The van der Waals surface area contributed by atoms with Gasteiger partial charge in [-0.3, -0.25) is 4.79 Å². The lowest BCUT2D eigenvalue weighted by Crippen LogP contribution is -2.21. The first-order chi connectivity index (χ1) is 4.36. The number of aliphatic carboxylic acids is 1. The van der Waals surface area contributed by atoms with Gasteiger partial charge in [-0.25, -0.2) is 8.42 Å². The van der Waals surface area contributed by atoms with Crippen LogP contribution in [0.25, 0.3) is 0 Å². The maximum absolute atomic E-state index is 11.3. The Morgan fingerprint density at radius 3 is 2.00 bits per heavy atom. The second-order valence-electron chi connectivity index (χ2n) is 1.46. The molecule has 0 heterocycles. The summed E-state index contributed by atoms with van der Waals surface area (Å²) >= 11 is 0. The zero-order chi connectivity index (χ0) is 8.36. The minimum absolute atomic E-state index is 1.52. The molecule has 60 valence electrons. The molecule has 0 aliphatic rings. The monoisotopic (exact) mass is 174 g/mol. The van der Waals surface area contributed by atoms with Crippen LogP contribution < -0.4 is 0 Å². The first-order valence-electron chi connectivity index (χ1n) is 2.08. The Morgan fingerprint density at radius 2 is 1.90 bits per heavy atom. The number of carboxylic acids is 1. The largest absolute Gasteiger partial charge is 0.480 e. The topological polar surface area (TPSA) is 71.4 Å². The summed E-state index contributed by atoms with van der Waals surface area (Å²) in [6, 6.07) is 0. The average molecular weight is 174 g/mol. The summed E-state index contributed by atoms with van der Waals surface area (Å²) < 4.78 is 42.7. The standard InChI is InChI=1S/C3H4F2O4S/c4-3(5)10(8,9)1-2(6)7/h3H,1H2,(H,6,7). The number of rotatable bonds is 3. The van der Waals surface area contributed by atoms with Crippen molar-refractivity contribution in [1.82, 2.24) is 0 Å². The zero-order valence-electron chi connectivity index (χ0n) is 4.62. The van der Waals surface area contributed by atoms with Crippen LogP contribution in [0.1, 0.15) is 0 Å². The summed E-state index contributed by atoms with van der Waals surface area (Å²) in [5.74, 6) is -6.91. The maximum Gasteiger partial charge on any atom is 0.337 e. The molecule has 4 nitrogen and oxygen atoms in total. The molecule has 0 atom stereocenters. The van der Waals surface area contributed by atoms with Crippen molar-refractivity contribution in [2.45, 2.75) is 5.76 Å². The molecule has 1 N–H and O–H groups in total. The first kappa shape index (κ1) is 9.28. The molecule has 0 bridgehead atoms. The van der Waals surface area contributed by atoms with E-state index in [2.05, 4.69) is 0 Å². The lowest BCUT2D eigenvalue weighted by molar-refractivity contribution is -0.134. The van der Waals surface area contributed by atoms with Gasteiger partial charge < -0.3 is 5.11 Å². The first-order valence-corrected chi connectivity index (χ1v) is 3.79. The molecule has 0 aliphatic carbocycles. The Hall–Kier alpha value is -0.720. The summed E-state index contributed by atoms with van der Waals surface area (Å²) in [6.07, 6.45) is 0. The van der Waals surface area contributed by atoms with Gasteiger partial charge in [-0.15, -0.1) is 0 Å². The molecule has 0 aromatic rings. The van der Waals surface area contributed by atoms with Crippen molar-refractivity contribution in [3.05, 3.63) is 0 Å². The number of carboxylic acid groups (broad SMARTS) is 1. The van der Waals surface area contributed by atoms with Crippen LogP contribution in [-0.4, -0.2) is 31.0 Å². The molecule has 0 amide bonds. The third-order valence-electron chi connectivity index (χ3n) is 0.596. The predicted octanol–water partition coefficient (Wildman–Crippen LogP) is -0.292. The number of halogens is 2. The Balaban J connectivity index is 4.31. The van der Waals surface area contributed by atoms with E-state index in [0.717, 1.165) is 0 Å². The zero-order valence-corrected chi connectivity index (χ0v) is 5.44. The van der Waals surface area contributed by atoms with Crippen LogP contribution in [-0.2, 0) is 14.6 Å². The fourth-order valence-electron chi connectivity index (χ4n) is 0.235. The van der Waals surface area contributed by atoms with Crippen molar-refractivity contribution in [2.24, 2.45) is 0 Å². The van der Waals surface area contributed by atoms with Gasteiger partial charge >= 0.3 is 11.7 Å². The fraction of sp³-hybridized carbons (Fsp3) is 0.667. The molecule has 7 heteroatoms. The van der Waals surface area contributed by atoms with E-state index in [1.807, 2.05) is 0 Å². The third kappa shape index (κ3) is 2.72. The van der Waals surface area contributed by atoms with Gasteiger partial charge in [-0.1, -0.05) is 0 Å². The van der Waals surface area contributed by atoms with E-state index in [-0.39, 0.29) is 0 Å². The highest BCUT2D eigenvalue weighted by Gasteiger charge is 2.26. The van der Waals surface area contributed by atoms with Crippen molar-refractivity contribution in [2.75, 3.05) is 5.75 Å². The molecule has 0 unspecified atom stereocenters. The van der Waals surface area contributed by atoms with Crippen LogP contribution in [0.5, 0.6) is 0 Å². The van der Waals surface area contributed by atoms with Crippen LogP contribution in [0.15, 0.2) is 0 Å². The predicted molar refractivity (Wildman–Crippen MR) is 27.4 cm³/mol. The molecule has 0 aromatic heterocycles. The number of alkyl halides is 2. The Bertz CT molecular complexity index is 219. The molecule has 0 saturated carbocycles. The quantitative estimate of drug-likeness (QED) is 0.638. The SMILES string of the molecule is O=C(O)CS(=O)(=O)C(F)F. The van der Waals surface area contributed by atoms with E-state index in [1.54, 1.807) is 0 Å². The average Bonchev–Trinajstić information content (AvgIpc) is 1.60. The van der Waals surface area contributed by atoms with Crippen molar-refractivity contribution in [1.29, 1.82) is 0 Å². The number of hydrogen-bond donors (Lipinski definition) is 1. The molecule has 0 rings (SSSR count). The summed E-state index contributed by atoms with van der Waals surface area (Å²) in [7, 11) is -4.73. The van der Waals surface area contributed by atoms with E-state index in [9.17, 15) is 22.0 Å². The lowest BCUT2D eigenvalue weighted by atomic mass is 10.8. The van der Waals surface area contributed by atoms with E-state index in [4.69, 9.17) is 5.11 Å². The van der Waals surface area contributed by atoms with Gasteiger partial charge in [0.2, 0.25) is 9.84 Å². The fourth-order valence-corrected chi connectivity index (χ4v) is 0.705. The molecule has 0 spiro atoms. The Morgan fingerprint density at radius 1 is 1.50 bits per heavy atom. The van der Waals surface area contributed by atoms with E-state index in [1.165, 1.54) is 0 Å². The third-order valence-corrected chi connectivity index (χ3v) is 1.79. The molecule has 0 fully saturated rings. The number of sulfone groups is 1. The van der Waals surface area contributed by atoms with Crippen molar-refractivity contribution < 1.29 is 27.1 Å². The normalized spacial score (nSPS) is 11.9. The van der Waals surface area contributed by atoms with Crippen molar-refractivity contribution in [3.63, 3.8) is 0 Å². The summed E-state index contributed by atoms with van der Waals surface area (Å²) in [5, 5.41) is 7.79. The van der Waals surface area contributed by atoms with Crippen molar-refractivity contribution in [3.8, 4) is 0 Å². The van der Waals surface area contributed by atoms with Crippen LogP contribution >= 0.6 is 0 Å². The summed E-state index contributed by atoms with van der Waals surface area (Å²) in [6.45, 7) is 0. The maximum atomic E-state index is 11.3. The van der Waals surface area contributed by atoms with Gasteiger partial charge in [-0.2, -0.15) is 8.78 Å². The molecule has 0 aliphatic heterocycles.